The van der Waals surface area contributed by atoms with Crippen molar-refractivity contribution in [2.75, 3.05) is 13.6 Å². The predicted octanol–water partition coefficient (Wildman–Crippen LogP) is 12.7. The standard InChI is InChI=1S/C40H75NO4.BrH/c1-4-6-8-10-12-14-16-18-20-22-24-26-28-30-32-34-38(42)44-40(36-37-41-3)45-39(43)35-33-31-29-27-25-23-21-19-17-15-13-11-9-7-5-2;/h18-21,40-41H,4-17,22-37H2,1-3H3;1H. The molecule has 0 heterocycles. The molecule has 0 aliphatic rings. The number of halogens is 1. The molecule has 46 heavy (non-hydrogen) atoms. The Kier molecular flexibility index (Phi) is 40.9. The maximum absolute atomic E-state index is 12.4. The van der Waals surface area contributed by atoms with Crippen LogP contribution in [0.5, 0.6) is 0 Å². The van der Waals surface area contributed by atoms with E-state index in [1.165, 1.54) is 116 Å². The lowest BCUT2D eigenvalue weighted by molar-refractivity contribution is -0.188. The monoisotopic (exact) mass is 713 g/mol. The first-order valence-corrected chi connectivity index (χ1v) is 19.5. The number of unbranched alkanes of at least 4 members (excludes halogenated alkanes) is 22. The summed E-state index contributed by atoms with van der Waals surface area (Å²) < 4.78 is 11.1. The number of ether oxygens (including phenoxy) is 2. The summed E-state index contributed by atoms with van der Waals surface area (Å²) in [6.07, 6.45) is 41.8. The Labute approximate surface area is 296 Å². The quantitative estimate of drug-likeness (QED) is 0.0306. The number of nitrogens with one attached hydrogen (secondary N) is 1. The van der Waals surface area contributed by atoms with Crippen molar-refractivity contribution >= 4 is 28.9 Å². The fourth-order valence-electron chi connectivity index (χ4n) is 5.50. The van der Waals surface area contributed by atoms with Crippen molar-refractivity contribution < 1.29 is 19.1 Å². The van der Waals surface area contributed by atoms with Gasteiger partial charge < -0.3 is 14.8 Å². The molecule has 0 rings (SSSR count). The first-order valence-electron chi connectivity index (χ1n) is 19.5. The van der Waals surface area contributed by atoms with Gasteiger partial charge in [-0.1, -0.05) is 141 Å². The fourth-order valence-corrected chi connectivity index (χ4v) is 5.50. The number of esters is 2. The van der Waals surface area contributed by atoms with Gasteiger partial charge in [-0.15, -0.1) is 17.0 Å². The number of rotatable bonds is 35. The second-order valence-corrected chi connectivity index (χ2v) is 13.0. The van der Waals surface area contributed by atoms with Crippen LogP contribution in [0.15, 0.2) is 24.3 Å². The fraction of sp³-hybridized carbons (Fsp3) is 0.850. The third-order valence-corrected chi connectivity index (χ3v) is 8.44. The van der Waals surface area contributed by atoms with Crippen LogP contribution in [0, 0.1) is 0 Å². The van der Waals surface area contributed by atoms with Crippen LogP contribution in [-0.4, -0.2) is 31.8 Å². The minimum absolute atomic E-state index is 0. The minimum Gasteiger partial charge on any atom is -0.425 e. The van der Waals surface area contributed by atoms with Gasteiger partial charge in [0.2, 0.25) is 6.29 Å². The molecule has 272 valence electrons. The van der Waals surface area contributed by atoms with Gasteiger partial charge in [0, 0.05) is 25.8 Å². The number of carbonyl (C=O) groups is 2. The lowest BCUT2D eigenvalue weighted by atomic mass is 10.1. The summed E-state index contributed by atoms with van der Waals surface area (Å²) in [7, 11) is 1.84. The molecule has 0 spiro atoms. The van der Waals surface area contributed by atoms with Gasteiger partial charge in [0.05, 0.1) is 0 Å². The first-order chi connectivity index (χ1) is 22.1. The maximum atomic E-state index is 12.4. The highest BCUT2D eigenvalue weighted by Gasteiger charge is 2.18. The summed E-state index contributed by atoms with van der Waals surface area (Å²) in [6.45, 7) is 5.16. The highest BCUT2D eigenvalue weighted by Crippen LogP contribution is 2.14. The summed E-state index contributed by atoms with van der Waals surface area (Å²) in [5, 5.41) is 3.05. The third kappa shape index (κ3) is 37.3. The average Bonchev–Trinajstić information content (AvgIpc) is 3.03. The summed E-state index contributed by atoms with van der Waals surface area (Å²) in [5.74, 6) is -0.523. The molecule has 0 saturated heterocycles. The minimum atomic E-state index is -0.788. The molecule has 6 heteroatoms. The van der Waals surface area contributed by atoms with E-state index in [9.17, 15) is 9.59 Å². The second-order valence-electron chi connectivity index (χ2n) is 13.0. The highest BCUT2D eigenvalue weighted by atomic mass is 79.9. The lowest BCUT2D eigenvalue weighted by Crippen LogP contribution is -2.28. The molecule has 0 aliphatic carbocycles. The largest absolute Gasteiger partial charge is 0.425 e. The molecule has 0 fully saturated rings. The summed E-state index contributed by atoms with van der Waals surface area (Å²) in [6, 6.07) is 0. The maximum Gasteiger partial charge on any atom is 0.308 e. The third-order valence-electron chi connectivity index (χ3n) is 8.44. The predicted molar refractivity (Wildman–Crippen MR) is 204 cm³/mol. The molecule has 0 unspecified atom stereocenters. The Morgan fingerprint density at radius 1 is 0.500 bits per heavy atom. The molecular formula is C40H76BrNO4. The van der Waals surface area contributed by atoms with E-state index in [1.807, 2.05) is 7.05 Å². The van der Waals surface area contributed by atoms with Crippen LogP contribution < -0.4 is 5.32 Å². The molecule has 1 N–H and O–H groups in total. The van der Waals surface area contributed by atoms with Gasteiger partial charge in [0.25, 0.3) is 0 Å². The molecular weight excluding hydrogens is 638 g/mol. The first kappa shape index (κ1) is 47.0. The van der Waals surface area contributed by atoms with Crippen LogP contribution in [0.2, 0.25) is 0 Å². The molecule has 0 aliphatic heterocycles. The van der Waals surface area contributed by atoms with Crippen LogP contribution in [0.1, 0.15) is 200 Å². The van der Waals surface area contributed by atoms with E-state index >= 15 is 0 Å². The van der Waals surface area contributed by atoms with Crippen LogP contribution in [0.3, 0.4) is 0 Å². The average molecular weight is 715 g/mol. The van der Waals surface area contributed by atoms with E-state index in [0.29, 0.717) is 25.8 Å². The smallest absolute Gasteiger partial charge is 0.308 e. The van der Waals surface area contributed by atoms with Gasteiger partial charge in [-0.2, -0.15) is 0 Å². The lowest BCUT2D eigenvalue weighted by Gasteiger charge is -2.18. The van der Waals surface area contributed by atoms with Crippen molar-refractivity contribution in [3.8, 4) is 0 Å². The molecule has 0 saturated carbocycles. The normalized spacial score (nSPS) is 12.1. The highest BCUT2D eigenvalue weighted by molar-refractivity contribution is 8.93. The Morgan fingerprint density at radius 2 is 0.804 bits per heavy atom. The van der Waals surface area contributed by atoms with Crippen molar-refractivity contribution in [2.45, 2.75) is 206 Å². The molecule has 0 bridgehead atoms. The zero-order valence-corrected chi connectivity index (χ0v) is 32.4. The summed E-state index contributed by atoms with van der Waals surface area (Å²) >= 11 is 0. The van der Waals surface area contributed by atoms with Crippen LogP contribution >= 0.6 is 17.0 Å². The van der Waals surface area contributed by atoms with Gasteiger partial charge in [-0.25, -0.2) is 0 Å². The molecule has 0 aromatic heterocycles. The van der Waals surface area contributed by atoms with E-state index in [1.54, 1.807) is 0 Å². The van der Waals surface area contributed by atoms with Crippen LogP contribution in [-0.2, 0) is 19.1 Å². The second kappa shape index (κ2) is 40.0. The van der Waals surface area contributed by atoms with Crippen molar-refractivity contribution in [3.63, 3.8) is 0 Å². The van der Waals surface area contributed by atoms with E-state index in [0.717, 1.165) is 51.4 Å². The number of allylic oxidation sites excluding steroid dienone is 4. The van der Waals surface area contributed by atoms with Gasteiger partial charge in [0.15, 0.2) is 0 Å². The molecule has 0 atom stereocenters. The van der Waals surface area contributed by atoms with Gasteiger partial charge in [0.1, 0.15) is 0 Å². The van der Waals surface area contributed by atoms with E-state index < -0.39 is 6.29 Å². The zero-order chi connectivity index (χ0) is 32.9. The van der Waals surface area contributed by atoms with Crippen LogP contribution in [0.4, 0.5) is 0 Å². The van der Waals surface area contributed by atoms with E-state index in [2.05, 4.69) is 43.5 Å². The summed E-state index contributed by atoms with van der Waals surface area (Å²) in [5.41, 5.74) is 0. The van der Waals surface area contributed by atoms with Gasteiger partial charge >= 0.3 is 11.9 Å². The Hall–Kier alpha value is -1.14. The molecule has 5 nitrogen and oxygen atoms in total. The Bertz CT molecular complexity index is 643. The molecule has 0 amide bonds. The van der Waals surface area contributed by atoms with Crippen molar-refractivity contribution in [3.05, 3.63) is 24.3 Å². The summed E-state index contributed by atoms with van der Waals surface area (Å²) in [4.78, 5) is 24.8. The van der Waals surface area contributed by atoms with Gasteiger partial charge in [-0.05, 0) is 71.3 Å². The SMILES string of the molecule is Br.CCCCCCCCC=CCCCCCCCC(=O)OC(CCNC)OC(=O)CCCCCCCC=CCCCCCCCC. The molecule has 0 radical (unpaired) electrons. The van der Waals surface area contributed by atoms with E-state index in [-0.39, 0.29) is 28.9 Å². The Morgan fingerprint density at radius 3 is 1.13 bits per heavy atom. The Balaban J connectivity index is 0. The number of hydrogen-bond acceptors (Lipinski definition) is 5. The number of carbonyl (C=O) groups excluding carboxylic acids is 2. The van der Waals surface area contributed by atoms with Crippen molar-refractivity contribution in [1.29, 1.82) is 0 Å². The topological polar surface area (TPSA) is 64.6 Å². The van der Waals surface area contributed by atoms with Crippen molar-refractivity contribution in [2.24, 2.45) is 0 Å². The zero-order valence-electron chi connectivity index (χ0n) is 30.6. The van der Waals surface area contributed by atoms with Crippen molar-refractivity contribution in [1.82, 2.24) is 5.32 Å². The van der Waals surface area contributed by atoms with E-state index in [4.69, 9.17) is 9.47 Å². The molecule has 0 aromatic carbocycles. The van der Waals surface area contributed by atoms with Crippen LogP contribution in [0.25, 0.3) is 0 Å². The number of hydrogen-bond donors (Lipinski definition) is 1. The molecule has 0 aromatic rings. The van der Waals surface area contributed by atoms with Gasteiger partial charge in [-0.3, -0.25) is 9.59 Å².